The van der Waals surface area contributed by atoms with Crippen molar-refractivity contribution in [2.45, 2.75) is 19.3 Å². The molecule has 1 aliphatic rings. The number of rotatable bonds is 5. The van der Waals surface area contributed by atoms with Crippen molar-refractivity contribution in [1.29, 1.82) is 0 Å². The van der Waals surface area contributed by atoms with E-state index in [1.807, 2.05) is 24.3 Å². The lowest BCUT2D eigenvalue weighted by atomic mass is 9.81. The van der Waals surface area contributed by atoms with Gasteiger partial charge in [-0.2, -0.15) is 0 Å². The first-order chi connectivity index (χ1) is 26.0. The molecule has 0 fully saturated rings. The van der Waals surface area contributed by atoms with Crippen LogP contribution in [-0.2, 0) is 5.41 Å². The predicted molar refractivity (Wildman–Crippen MR) is 222 cm³/mol. The first-order valence-electron chi connectivity index (χ1n) is 18.3. The summed E-state index contributed by atoms with van der Waals surface area (Å²) in [5.74, 6) is 0.714. The Bertz CT molecular complexity index is 2790. The monoisotopic (exact) mass is 676 g/mol. The van der Waals surface area contributed by atoms with Crippen LogP contribution < -0.4 is 0 Å². The molecule has 0 aliphatic heterocycles. The molecule has 0 saturated carbocycles. The lowest BCUT2D eigenvalue weighted by molar-refractivity contribution is 0.661. The molecule has 0 radical (unpaired) electrons. The number of nitrogens with zero attached hydrogens (tertiary/aromatic N) is 2. The van der Waals surface area contributed by atoms with Crippen molar-refractivity contribution < 1.29 is 0 Å². The van der Waals surface area contributed by atoms with E-state index in [4.69, 9.17) is 9.97 Å². The normalized spacial score (nSPS) is 12.9. The minimum Gasteiger partial charge on any atom is -0.228 e. The smallest absolute Gasteiger partial charge is 0.160 e. The standard InChI is InChI=1S/C51H36N2/c1-51(2)45-27-15-26-43(49(45)44-30-35-20-9-10-21-36(35)31-46(44)51)41-29-28-40(37-22-11-12-23-38(37)41)39-24-13-14-25-42(39)48-32-47(33-16-5-3-6-17-33)52-50(53-48)34-18-7-4-8-19-34/h3-32H,1-2H3. The zero-order valence-electron chi connectivity index (χ0n) is 29.7. The summed E-state index contributed by atoms with van der Waals surface area (Å²) in [7, 11) is 0. The highest BCUT2D eigenvalue weighted by molar-refractivity contribution is 6.10. The maximum absolute atomic E-state index is 5.22. The molecule has 250 valence electrons. The van der Waals surface area contributed by atoms with Crippen LogP contribution in [0, 0.1) is 0 Å². The van der Waals surface area contributed by atoms with Gasteiger partial charge in [0.05, 0.1) is 11.4 Å². The second-order valence-corrected chi connectivity index (χ2v) is 14.5. The van der Waals surface area contributed by atoms with Gasteiger partial charge in [-0.25, -0.2) is 9.97 Å². The van der Waals surface area contributed by atoms with Crippen molar-refractivity contribution in [3.63, 3.8) is 0 Å². The van der Waals surface area contributed by atoms with Gasteiger partial charge < -0.3 is 0 Å². The average molecular weight is 677 g/mol. The van der Waals surface area contributed by atoms with Crippen molar-refractivity contribution in [2.75, 3.05) is 0 Å². The Morgan fingerprint density at radius 2 is 0.906 bits per heavy atom. The van der Waals surface area contributed by atoms with E-state index in [-0.39, 0.29) is 5.41 Å². The van der Waals surface area contributed by atoms with Gasteiger partial charge in [0.15, 0.2) is 5.82 Å². The Labute approximate surface area is 310 Å². The van der Waals surface area contributed by atoms with E-state index in [2.05, 4.69) is 172 Å². The molecule has 0 bridgehead atoms. The van der Waals surface area contributed by atoms with Gasteiger partial charge in [-0.1, -0.05) is 178 Å². The van der Waals surface area contributed by atoms with Crippen molar-refractivity contribution in [3.05, 3.63) is 193 Å². The minimum absolute atomic E-state index is 0.103. The van der Waals surface area contributed by atoms with Gasteiger partial charge in [-0.3, -0.25) is 0 Å². The summed E-state index contributed by atoms with van der Waals surface area (Å²) in [6, 6.07) is 65.4. The number of fused-ring (bicyclic) bond motifs is 5. The van der Waals surface area contributed by atoms with E-state index in [9.17, 15) is 0 Å². The van der Waals surface area contributed by atoms with Gasteiger partial charge in [0.25, 0.3) is 0 Å². The lowest BCUT2D eigenvalue weighted by Crippen LogP contribution is -2.14. The van der Waals surface area contributed by atoms with Crippen molar-refractivity contribution in [1.82, 2.24) is 9.97 Å². The molecule has 0 amide bonds. The van der Waals surface area contributed by atoms with Crippen molar-refractivity contribution in [2.24, 2.45) is 0 Å². The van der Waals surface area contributed by atoms with Crippen LogP contribution in [0.2, 0.25) is 0 Å². The Morgan fingerprint density at radius 1 is 0.358 bits per heavy atom. The highest BCUT2D eigenvalue weighted by Gasteiger charge is 2.37. The maximum atomic E-state index is 5.22. The molecule has 10 rings (SSSR count). The van der Waals surface area contributed by atoms with Crippen LogP contribution in [0.3, 0.4) is 0 Å². The van der Waals surface area contributed by atoms with E-state index in [0.717, 1.165) is 33.6 Å². The van der Waals surface area contributed by atoms with Gasteiger partial charge in [-0.05, 0) is 84.3 Å². The van der Waals surface area contributed by atoms with Crippen LogP contribution in [-0.4, -0.2) is 9.97 Å². The van der Waals surface area contributed by atoms with Gasteiger partial charge >= 0.3 is 0 Å². The molecular formula is C51H36N2. The predicted octanol–water partition coefficient (Wildman–Crippen LogP) is 13.4. The molecule has 53 heavy (non-hydrogen) atoms. The number of hydrogen-bond donors (Lipinski definition) is 0. The summed E-state index contributed by atoms with van der Waals surface area (Å²) >= 11 is 0. The van der Waals surface area contributed by atoms with Crippen molar-refractivity contribution >= 4 is 21.5 Å². The molecule has 1 aliphatic carbocycles. The summed E-state index contributed by atoms with van der Waals surface area (Å²) in [6.07, 6.45) is 0. The molecule has 2 heteroatoms. The van der Waals surface area contributed by atoms with E-state index < -0.39 is 0 Å². The molecule has 8 aromatic carbocycles. The zero-order valence-corrected chi connectivity index (χ0v) is 29.7. The van der Waals surface area contributed by atoms with Crippen LogP contribution in [0.4, 0.5) is 0 Å². The van der Waals surface area contributed by atoms with E-state index in [0.29, 0.717) is 5.82 Å². The molecule has 1 aromatic heterocycles. The first-order valence-corrected chi connectivity index (χ1v) is 18.3. The average Bonchev–Trinajstić information content (AvgIpc) is 3.45. The van der Waals surface area contributed by atoms with Gasteiger partial charge in [0.1, 0.15) is 0 Å². The molecule has 0 N–H and O–H groups in total. The third-order valence-corrected chi connectivity index (χ3v) is 11.1. The summed E-state index contributed by atoms with van der Waals surface area (Å²) in [5, 5.41) is 5.01. The van der Waals surface area contributed by atoms with Gasteiger partial charge in [0.2, 0.25) is 0 Å². The fourth-order valence-electron chi connectivity index (χ4n) is 8.47. The first kappa shape index (κ1) is 31.1. The quantitative estimate of drug-likeness (QED) is 0.181. The van der Waals surface area contributed by atoms with Crippen LogP contribution in [0.15, 0.2) is 182 Å². The Kier molecular flexibility index (Phi) is 7.19. The van der Waals surface area contributed by atoms with Gasteiger partial charge in [0, 0.05) is 22.1 Å². The second kappa shape index (κ2) is 12.3. The summed E-state index contributed by atoms with van der Waals surface area (Å²) in [4.78, 5) is 10.3. The van der Waals surface area contributed by atoms with E-state index in [1.54, 1.807) is 0 Å². The van der Waals surface area contributed by atoms with E-state index >= 15 is 0 Å². The topological polar surface area (TPSA) is 25.8 Å². The molecule has 2 nitrogen and oxygen atoms in total. The number of aromatic nitrogens is 2. The SMILES string of the molecule is CC1(C)c2cc3ccccc3cc2-c2c(-c3ccc(-c4ccccc4-c4cc(-c5ccccc5)nc(-c5ccccc5)n4)c4ccccc34)cccc21. The maximum Gasteiger partial charge on any atom is 0.160 e. The molecule has 1 heterocycles. The second-order valence-electron chi connectivity index (χ2n) is 14.5. The van der Waals surface area contributed by atoms with Crippen LogP contribution in [0.1, 0.15) is 25.0 Å². The molecule has 0 unspecified atom stereocenters. The van der Waals surface area contributed by atoms with Crippen LogP contribution in [0.5, 0.6) is 0 Å². The lowest BCUT2D eigenvalue weighted by Gasteiger charge is -2.22. The Balaban J connectivity index is 1.17. The summed E-state index contributed by atoms with van der Waals surface area (Å²) in [5.41, 5.74) is 15.1. The highest BCUT2D eigenvalue weighted by Crippen LogP contribution is 2.54. The fourth-order valence-corrected chi connectivity index (χ4v) is 8.47. The zero-order chi connectivity index (χ0) is 35.5. The molecule has 0 saturated heterocycles. The van der Waals surface area contributed by atoms with Crippen molar-refractivity contribution in [3.8, 4) is 67.3 Å². The molecule has 9 aromatic rings. The molecule has 0 spiro atoms. The van der Waals surface area contributed by atoms with Gasteiger partial charge in [-0.15, -0.1) is 0 Å². The third kappa shape index (κ3) is 5.10. The minimum atomic E-state index is -0.103. The largest absolute Gasteiger partial charge is 0.228 e. The molecular weight excluding hydrogens is 641 g/mol. The number of benzene rings is 8. The summed E-state index contributed by atoms with van der Waals surface area (Å²) in [6.45, 7) is 4.74. The van der Waals surface area contributed by atoms with E-state index in [1.165, 1.54) is 60.5 Å². The Hall–Kier alpha value is -6.64. The Morgan fingerprint density at radius 3 is 1.62 bits per heavy atom. The van der Waals surface area contributed by atoms with Crippen LogP contribution in [0.25, 0.3) is 88.8 Å². The third-order valence-electron chi connectivity index (χ3n) is 11.1. The fraction of sp³-hybridized carbons (Fsp3) is 0.0588. The number of hydrogen-bond acceptors (Lipinski definition) is 2. The highest BCUT2D eigenvalue weighted by atomic mass is 14.9. The summed E-state index contributed by atoms with van der Waals surface area (Å²) < 4.78 is 0. The van der Waals surface area contributed by atoms with Crippen LogP contribution >= 0.6 is 0 Å². The molecule has 0 atom stereocenters.